The third kappa shape index (κ3) is 5.28. The molecule has 1 N–H and O–H groups in total. The lowest BCUT2D eigenvalue weighted by molar-refractivity contribution is 0.299. The van der Waals surface area contributed by atoms with Crippen molar-refractivity contribution in [2.75, 3.05) is 44.2 Å². The standard InChI is InChI=1S/C20H33N5S.HI/c1-2-21-19(25-13-16-7-3-4-8-17(16)14-25)22-10-9-18-15-26-20(23-18)24-11-5-6-12-24;/h15-17H,2-14H2,1H3,(H,21,22);1H. The molecule has 1 saturated carbocycles. The number of aromatic nitrogens is 1. The zero-order valence-corrected chi connectivity index (χ0v) is 19.7. The fourth-order valence-electron chi connectivity index (χ4n) is 4.75. The summed E-state index contributed by atoms with van der Waals surface area (Å²) < 4.78 is 0. The first-order valence-electron chi connectivity index (χ1n) is 10.6. The Balaban J connectivity index is 0.00000210. The number of thiazole rings is 1. The third-order valence-electron chi connectivity index (χ3n) is 6.16. The topological polar surface area (TPSA) is 43.8 Å². The highest BCUT2D eigenvalue weighted by Gasteiger charge is 2.35. The van der Waals surface area contributed by atoms with Gasteiger partial charge in [0.25, 0.3) is 0 Å². The molecule has 2 saturated heterocycles. The summed E-state index contributed by atoms with van der Waals surface area (Å²) in [4.78, 5) is 14.7. The SMILES string of the molecule is CCNC(=NCCc1csc(N2CCCC2)n1)N1CC2CCCCC2C1.I. The van der Waals surface area contributed by atoms with Crippen molar-refractivity contribution in [2.45, 2.75) is 51.9 Å². The molecule has 0 radical (unpaired) electrons. The molecule has 1 aromatic rings. The fraction of sp³-hybridized carbons (Fsp3) is 0.800. The zero-order chi connectivity index (χ0) is 17.8. The lowest BCUT2D eigenvalue weighted by Gasteiger charge is -2.22. The van der Waals surface area contributed by atoms with Crippen LogP contribution < -0.4 is 10.2 Å². The second kappa shape index (κ2) is 10.3. The summed E-state index contributed by atoms with van der Waals surface area (Å²) in [7, 11) is 0. The van der Waals surface area contributed by atoms with E-state index in [1.54, 1.807) is 11.3 Å². The Kier molecular flexibility index (Phi) is 8.05. The number of aliphatic imine (C=N–C) groups is 1. The monoisotopic (exact) mass is 503 g/mol. The molecular weight excluding hydrogens is 469 g/mol. The van der Waals surface area contributed by atoms with Crippen molar-refractivity contribution < 1.29 is 0 Å². The van der Waals surface area contributed by atoms with Gasteiger partial charge in [-0.05, 0) is 44.4 Å². The summed E-state index contributed by atoms with van der Waals surface area (Å²) in [5.41, 5.74) is 1.20. The molecule has 7 heteroatoms. The molecule has 1 aliphatic carbocycles. The molecule has 4 rings (SSSR count). The number of guanidine groups is 1. The number of nitrogens with one attached hydrogen (secondary N) is 1. The molecule has 152 valence electrons. The van der Waals surface area contributed by atoms with Gasteiger partial charge >= 0.3 is 0 Å². The van der Waals surface area contributed by atoms with Crippen LogP contribution in [0.3, 0.4) is 0 Å². The Morgan fingerprint density at radius 2 is 1.89 bits per heavy atom. The first kappa shape index (κ1) is 21.1. The predicted octanol–water partition coefficient (Wildman–Crippen LogP) is 3.99. The third-order valence-corrected chi connectivity index (χ3v) is 7.11. The van der Waals surface area contributed by atoms with Gasteiger partial charge in [-0.25, -0.2) is 4.98 Å². The molecule has 0 aromatic carbocycles. The van der Waals surface area contributed by atoms with E-state index in [9.17, 15) is 0 Å². The molecule has 3 heterocycles. The van der Waals surface area contributed by atoms with E-state index in [2.05, 4.69) is 27.4 Å². The van der Waals surface area contributed by atoms with E-state index in [-0.39, 0.29) is 24.0 Å². The van der Waals surface area contributed by atoms with Crippen LogP contribution in [0, 0.1) is 11.8 Å². The smallest absolute Gasteiger partial charge is 0.193 e. The number of fused-ring (bicyclic) bond motifs is 1. The second-order valence-electron chi connectivity index (χ2n) is 8.01. The van der Waals surface area contributed by atoms with E-state index in [1.807, 2.05) is 0 Å². The van der Waals surface area contributed by atoms with Gasteiger partial charge in [-0.3, -0.25) is 4.99 Å². The highest BCUT2D eigenvalue weighted by Crippen LogP contribution is 2.36. The Morgan fingerprint density at radius 3 is 2.56 bits per heavy atom. The van der Waals surface area contributed by atoms with Crippen LogP contribution >= 0.6 is 35.3 Å². The Hall–Kier alpha value is -0.570. The van der Waals surface area contributed by atoms with Crippen LogP contribution in [-0.2, 0) is 6.42 Å². The minimum atomic E-state index is 0. The van der Waals surface area contributed by atoms with Crippen LogP contribution in [0.2, 0.25) is 0 Å². The maximum Gasteiger partial charge on any atom is 0.193 e. The summed E-state index contributed by atoms with van der Waals surface area (Å²) in [6, 6.07) is 0. The van der Waals surface area contributed by atoms with Gasteiger partial charge in [-0.15, -0.1) is 35.3 Å². The molecule has 5 nitrogen and oxygen atoms in total. The normalized spacial score (nSPS) is 25.4. The van der Waals surface area contributed by atoms with Crippen molar-refractivity contribution in [3.8, 4) is 0 Å². The number of halogens is 1. The van der Waals surface area contributed by atoms with Gasteiger partial charge < -0.3 is 15.1 Å². The average Bonchev–Trinajstić information content (AvgIpc) is 3.39. The first-order valence-corrected chi connectivity index (χ1v) is 11.4. The number of hydrogen-bond donors (Lipinski definition) is 1. The molecule has 0 amide bonds. The summed E-state index contributed by atoms with van der Waals surface area (Å²) in [6.07, 6.45) is 9.24. The Morgan fingerprint density at radius 1 is 1.19 bits per heavy atom. The fourth-order valence-corrected chi connectivity index (χ4v) is 5.66. The maximum atomic E-state index is 4.94. The van der Waals surface area contributed by atoms with Gasteiger partial charge in [0.1, 0.15) is 0 Å². The van der Waals surface area contributed by atoms with Crippen LogP contribution in [0.15, 0.2) is 10.4 Å². The summed E-state index contributed by atoms with van der Waals surface area (Å²) in [5.74, 6) is 2.92. The van der Waals surface area contributed by atoms with Gasteiger partial charge in [0.05, 0.1) is 5.69 Å². The van der Waals surface area contributed by atoms with Crippen LogP contribution in [0.4, 0.5) is 5.13 Å². The first-order chi connectivity index (χ1) is 12.8. The minimum absolute atomic E-state index is 0. The van der Waals surface area contributed by atoms with Crippen LogP contribution in [-0.4, -0.2) is 55.1 Å². The molecule has 2 aliphatic heterocycles. The molecule has 3 aliphatic rings. The molecule has 0 spiro atoms. The highest BCUT2D eigenvalue weighted by atomic mass is 127. The van der Waals surface area contributed by atoms with Crippen molar-refractivity contribution in [1.82, 2.24) is 15.2 Å². The molecule has 2 atom stereocenters. The molecular formula is C20H34IN5S. The average molecular weight is 503 g/mol. The van der Waals surface area contributed by atoms with Crippen molar-refractivity contribution >= 4 is 46.4 Å². The van der Waals surface area contributed by atoms with Gasteiger partial charge in [0, 0.05) is 51.1 Å². The summed E-state index contributed by atoms with van der Waals surface area (Å²) >= 11 is 1.79. The van der Waals surface area contributed by atoms with Crippen molar-refractivity contribution in [1.29, 1.82) is 0 Å². The molecule has 0 bridgehead atoms. The Labute approximate surface area is 185 Å². The molecule has 3 fully saturated rings. The number of likely N-dealkylation sites (tertiary alicyclic amines) is 1. The number of anilines is 1. The van der Waals surface area contributed by atoms with Gasteiger partial charge in [0.15, 0.2) is 11.1 Å². The van der Waals surface area contributed by atoms with Gasteiger partial charge in [-0.2, -0.15) is 0 Å². The maximum absolute atomic E-state index is 4.94. The van der Waals surface area contributed by atoms with E-state index < -0.39 is 0 Å². The number of rotatable bonds is 5. The quantitative estimate of drug-likeness (QED) is 0.375. The van der Waals surface area contributed by atoms with Crippen molar-refractivity contribution in [3.05, 3.63) is 11.1 Å². The molecule has 27 heavy (non-hydrogen) atoms. The lowest BCUT2D eigenvalue weighted by atomic mass is 9.82. The van der Waals surface area contributed by atoms with Gasteiger partial charge in [-0.1, -0.05) is 12.8 Å². The summed E-state index contributed by atoms with van der Waals surface area (Å²) in [5, 5.41) is 6.95. The largest absolute Gasteiger partial charge is 0.357 e. The van der Waals surface area contributed by atoms with E-state index in [0.29, 0.717) is 0 Å². The zero-order valence-electron chi connectivity index (χ0n) is 16.5. The minimum Gasteiger partial charge on any atom is -0.357 e. The summed E-state index contributed by atoms with van der Waals surface area (Å²) in [6.45, 7) is 8.69. The van der Waals surface area contributed by atoms with Crippen LogP contribution in [0.25, 0.3) is 0 Å². The van der Waals surface area contributed by atoms with E-state index in [0.717, 1.165) is 37.3 Å². The highest BCUT2D eigenvalue weighted by molar-refractivity contribution is 14.0. The van der Waals surface area contributed by atoms with E-state index in [4.69, 9.17) is 9.98 Å². The van der Waals surface area contributed by atoms with E-state index in [1.165, 1.54) is 75.5 Å². The predicted molar refractivity (Wildman–Crippen MR) is 126 cm³/mol. The van der Waals surface area contributed by atoms with Gasteiger partial charge in [0.2, 0.25) is 0 Å². The molecule has 2 unspecified atom stereocenters. The van der Waals surface area contributed by atoms with Crippen LogP contribution in [0.1, 0.15) is 51.1 Å². The molecule has 1 aromatic heterocycles. The van der Waals surface area contributed by atoms with E-state index >= 15 is 0 Å². The van der Waals surface area contributed by atoms with Crippen molar-refractivity contribution in [3.63, 3.8) is 0 Å². The number of hydrogen-bond acceptors (Lipinski definition) is 4. The number of nitrogens with zero attached hydrogens (tertiary/aromatic N) is 4. The Bertz CT molecular complexity index is 599. The van der Waals surface area contributed by atoms with Crippen LogP contribution in [0.5, 0.6) is 0 Å². The second-order valence-corrected chi connectivity index (χ2v) is 8.85. The lowest BCUT2D eigenvalue weighted by Crippen LogP contribution is -2.40. The van der Waals surface area contributed by atoms with Crippen molar-refractivity contribution in [2.24, 2.45) is 16.8 Å².